The average molecular weight is 513 g/mol. The predicted octanol–water partition coefficient (Wildman–Crippen LogP) is 5.71. The minimum atomic E-state index is -0.994. The summed E-state index contributed by atoms with van der Waals surface area (Å²) >= 11 is 6.07. The molecule has 0 saturated carbocycles. The van der Waals surface area contributed by atoms with E-state index in [1.807, 2.05) is 72.8 Å². The fourth-order valence-electron chi connectivity index (χ4n) is 3.75. The maximum absolute atomic E-state index is 12.6. The van der Waals surface area contributed by atoms with Crippen LogP contribution < -0.4 is 10.1 Å². The first-order valence-electron chi connectivity index (χ1n) is 11.5. The van der Waals surface area contributed by atoms with E-state index in [4.69, 9.17) is 26.4 Å². The Morgan fingerprint density at radius 1 is 0.892 bits per heavy atom. The number of hydrogen-bond donors (Lipinski definition) is 2. The van der Waals surface area contributed by atoms with E-state index in [0.717, 1.165) is 16.9 Å². The second-order valence-corrected chi connectivity index (χ2v) is 8.61. The minimum Gasteiger partial charge on any atom is -0.481 e. The lowest BCUT2D eigenvalue weighted by Crippen LogP contribution is -2.26. The molecule has 0 spiro atoms. The Morgan fingerprint density at radius 3 is 2.27 bits per heavy atom. The number of amides is 1. The van der Waals surface area contributed by atoms with E-state index in [0.29, 0.717) is 27.8 Å². The van der Waals surface area contributed by atoms with Crippen LogP contribution in [0.5, 0.6) is 11.5 Å². The van der Waals surface area contributed by atoms with Crippen LogP contribution in [0.4, 0.5) is 0 Å². The van der Waals surface area contributed by atoms with E-state index in [1.165, 1.54) is 0 Å². The van der Waals surface area contributed by atoms with Gasteiger partial charge in [0.05, 0.1) is 17.8 Å². The fourth-order valence-corrected chi connectivity index (χ4v) is 3.88. The summed E-state index contributed by atoms with van der Waals surface area (Å²) in [5.74, 6) is -0.0572. The zero-order chi connectivity index (χ0) is 25.8. The number of ether oxygens (including phenoxy) is 1. The van der Waals surface area contributed by atoms with Crippen LogP contribution >= 0.6 is 11.6 Å². The van der Waals surface area contributed by atoms with Crippen molar-refractivity contribution in [2.75, 3.05) is 6.54 Å². The van der Waals surface area contributed by atoms with Gasteiger partial charge in [-0.05, 0) is 54.6 Å². The number of carboxylic acids is 1. The van der Waals surface area contributed by atoms with Crippen molar-refractivity contribution in [1.29, 1.82) is 0 Å². The number of carboxylic acid groups (broad SMARTS) is 1. The van der Waals surface area contributed by atoms with E-state index in [9.17, 15) is 9.59 Å². The van der Waals surface area contributed by atoms with E-state index >= 15 is 0 Å². The van der Waals surface area contributed by atoms with Crippen molar-refractivity contribution >= 4 is 29.1 Å². The quantitative estimate of drug-likeness (QED) is 0.276. The Bertz CT molecular complexity index is 1570. The third kappa shape index (κ3) is 5.60. The number of para-hydroxylation sites is 1. The standard InChI is InChI=1S/C28H21ClN4O4/c29-20-10-6-18(7-11-20)23-16-25(19-8-12-22(13-9-19)37-21-4-2-1-3-5-21)33-26(31-23)17-24(32-33)28(36)30-15-14-27(34)35/h1-13,16-17H,14-15H2,(H,30,36)(H,34,35). The highest BCUT2D eigenvalue weighted by atomic mass is 35.5. The zero-order valence-corrected chi connectivity index (χ0v) is 20.2. The lowest BCUT2D eigenvalue weighted by molar-refractivity contribution is -0.136. The summed E-state index contributed by atoms with van der Waals surface area (Å²) in [5, 5.41) is 16.5. The van der Waals surface area contributed by atoms with Gasteiger partial charge in [0.2, 0.25) is 0 Å². The van der Waals surface area contributed by atoms with Gasteiger partial charge in [-0.2, -0.15) is 5.10 Å². The first-order valence-corrected chi connectivity index (χ1v) is 11.8. The molecule has 0 unspecified atom stereocenters. The van der Waals surface area contributed by atoms with Gasteiger partial charge in [0.15, 0.2) is 11.3 Å². The van der Waals surface area contributed by atoms with Gasteiger partial charge in [0, 0.05) is 28.8 Å². The number of aromatic nitrogens is 3. The van der Waals surface area contributed by atoms with Crippen molar-refractivity contribution in [1.82, 2.24) is 19.9 Å². The molecule has 3 aromatic carbocycles. The number of carbonyl (C=O) groups is 2. The van der Waals surface area contributed by atoms with Crippen LogP contribution in [0.1, 0.15) is 16.9 Å². The molecule has 0 aliphatic carbocycles. The summed E-state index contributed by atoms with van der Waals surface area (Å²) in [6, 6.07) is 27.8. The highest BCUT2D eigenvalue weighted by Gasteiger charge is 2.17. The number of nitrogens with one attached hydrogen (secondary N) is 1. The molecule has 1 amide bonds. The third-order valence-electron chi connectivity index (χ3n) is 5.55. The summed E-state index contributed by atoms with van der Waals surface area (Å²) in [5.41, 5.74) is 3.69. The molecule has 0 saturated heterocycles. The topological polar surface area (TPSA) is 106 Å². The fraction of sp³-hybridized carbons (Fsp3) is 0.0714. The molecule has 2 N–H and O–H groups in total. The molecule has 8 nitrogen and oxygen atoms in total. The number of nitrogens with zero attached hydrogens (tertiary/aromatic N) is 3. The Balaban J connectivity index is 1.53. The van der Waals surface area contributed by atoms with Crippen molar-refractivity contribution in [3.05, 3.63) is 102 Å². The van der Waals surface area contributed by atoms with Crippen LogP contribution in [0.3, 0.4) is 0 Å². The Kier molecular flexibility index (Phi) is 6.83. The van der Waals surface area contributed by atoms with Gasteiger partial charge >= 0.3 is 5.97 Å². The molecule has 2 heterocycles. The number of rotatable bonds is 8. The molecule has 37 heavy (non-hydrogen) atoms. The highest BCUT2D eigenvalue weighted by molar-refractivity contribution is 6.30. The molecule has 9 heteroatoms. The van der Waals surface area contributed by atoms with Crippen molar-refractivity contribution in [2.24, 2.45) is 0 Å². The number of aliphatic carboxylic acids is 1. The molecule has 0 bridgehead atoms. The molecule has 2 aromatic heterocycles. The van der Waals surface area contributed by atoms with Gasteiger partial charge in [-0.3, -0.25) is 9.59 Å². The number of hydrogen-bond acceptors (Lipinski definition) is 5. The molecule has 5 aromatic rings. The van der Waals surface area contributed by atoms with Gasteiger partial charge in [0.1, 0.15) is 11.5 Å². The summed E-state index contributed by atoms with van der Waals surface area (Å²) in [7, 11) is 0. The van der Waals surface area contributed by atoms with E-state index < -0.39 is 11.9 Å². The van der Waals surface area contributed by atoms with Crippen LogP contribution in [0, 0.1) is 0 Å². The summed E-state index contributed by atoms with van der Waals surface area (Å²) in [6.07, 6.45) is -0.180. The van der Waals surface area contributed by atoms with Crippen LogP contribution in [0.2, 0.25) is 5.02 Å². The van der Waals surface area contributed by atoms with Crippen molar-refractivity contribution in [3.63, 3.8) is 0 Å². The van der Waals surface area contributed by atoms with Crippen LogP contribution in [0.15, 0.2) is 91.0 Å². The van der Waals surface area contributed by atoms with Crippen molar-refractivity contribution in [2.45, 2.75) is 6.42 Å². The molecule has 5 rings (SSSR count). The lowest BCUT2D eigenvalue weighted by atomic mass is 10.1. The van der Waals surface area contributed by atoms with Gasteiger partial charge in [-0.15, -0.1) is 0 Å². The van der Waals surface area contributed by atoms with Crippen LogP contribution in [0.25, 0.3) is 28.2 Å². The molecular weight excluding hydrogens is 492 g/mol. The molecule has 184 valence electrons. The van der Waals surface area contributed by atoms with Crippen LogP contribution in [-0.2, 0) is 4.79 Å². The summed E-state index contributed by atoms with van der Waals surface area (Å²) in [6.45, 7) is 0.00122. The molecule has 0 aliphatic rings. The minimum absolute atomic E-state index is 0.00122. The Hall–Kier alpha value is -4.69. The molecule has 0 atom stereocenters. The van der Waals surface area contributed by atoms with E-state index in [1.54, 1.807) is 22.7 Å². The van der Waals surface area contributed by atoms with Gasteiger partial charge in [0.25, 0.3) is 5.91 Å². The molecular formula is C28H21ClN4O4. The third-order valence-corrected chi connectivity index (χ3v) is 5.81. The first-order chi connectivity index (χ1) is 18.0. The zero-order valence-electron chi connectivity index (χ0n) is 19.5. The van der Waals surface area contributed by atoms with E-state index in [2.05, 4.69) is 10.4 Å². The second kappa shape index (κ2) is 10.5. The Morgan fingerprint density at radius 2 is 1.57 bits per heavy atom. The monoisotopic (exact) mass is 512 g/mol. The molecule has 0 aliphatic heterocycles. The van der Waals surface area contributed by atoms with Crippen LogP contribution in [-0.4, -0.2) is 38.1 Å². The number of halogens is 1. The molecule has 0 fully saturated rings. The Labute approximate surface area is 217 Å². The average Bonchev–Trinajstić information content (AvgIpc) is 3.34. The highest BCUT2D eigenvalue weighted by Crippen LogP contribution is 2.30. The summed E-state index contributed by atoms with van der Waals surface area (Å²) < 4.78 is 7.50. The number of fused-ring (bicyclic) bond motifs is 1. The maximum atomic E-state index is 12.6. The normalized spacial score (nSPS) is 10.8. The second-order valence-electron chi connectivity index (χ2n) is 8.17. The first kappa shape index (κ1) is 24.0. The van der Waals surface area contributed by atoms with Gasteiger partial charge < -0.3 is 15.2 Å². The predicted molar refractivity (Wildman–Crippen MR) is 140 cm³/mol. The van der Waals surface area contributed by atoms with Gasteiger partial charge in [-0.25, -0.2) is 9.50 Å². The largest absolute Gasteiger partial charge is 0.481 e. The number of carbonyl (C=O) groups excluding carboxylic acids is 1. The maximum Gasteiger partial charge on any atom is 0.305 e. The number of benzene rings is 3. The van der Waals surface area contributed by atoms with Gasteiger partial charge in [-0.1, -0.05) is 41.9 Å². The van der Waals surface area contributed by atoms with Crippen molar-refractivity contribution in [3.8, 4) is 34.0 Å². The SMILES string of the molecule is O=C(O)CCNC(=O)c1cc2nc(-c3ccc(Cl)cc3)cc(-c3ccc(Oc4ccccc4)cc3)n2n1. The summed E-state index contributed by atoms with van der Waals surface area (Å²) in [4.78, 5) is 28.1. The van der Waals surface area contributed by atoms with Crippen molar-refractivity contribution < 1.29 is 19.4 Å². The lowest BCUT2D eigenvalue weighted by Gasteiger charge is -2.10. The molecule has 0 radical (unpaired) electrons. The van der Waals surface area contributed by atoms with E-state index in [-0.39, 0.29) is 18.7 Å². The smallest absolute Gasteiger partial charge is 0.305 e.